The summed E-state index contributed by atoms with van der Waals surface area (Å²) in [4.78, 5) is 18.6. The molecule has 180 valence electrons. The number of sulfone groups is 1. The Kier molecular flexibility index (Phi) is 6.72. The molecule has 0 aliphatic carbocycles. The first-order valence-electron chi connectivity index (χ1n) is 10.4. The predicted molar refractivity (Wildman–Crippen MR) is 122 cm³/mol. The number of hydrogen-bond acceptors (Lipinski definition) is 9. The van der Waals surface area contributed by atoms with Crippen LogP contribution in [0, 0.1) is 13.8 Å². The third-order valence-electron chi connectivity index (χ3n) is 5.49. The minimum atomic E-state index is -3.98. The van der Waals surface area contributed by atoms with Crippen LogP contribution in [0.4, 0.5) is 0 Å². The van der Waals surface area contributed by atoms with Crippen LogP contribution in [0.25, 0.3) is 0 Å². The lowest BCUT2D eigenvalue weighted by atomic mass is 9.91. The Balaban J connectivity index is 2.24. The number of carbonyl (C=O) groups excluding carboxylic acids is 1. The van der Waals surface area contributed by atoms with E-state index in [1.54, 1.807) is 20.8 Å². The van der Waals surface area contributed by atoms with Gasteiger partial charge < -0.3 is 9.02 Å². The zero-order valence-corrected chi connectivity index (χ0v) is 21.0. The summed E-state index contributed by atoms with van der Waals surface area (Å²) in [6.07, 6.45) is 1.40. The molecule has 0 radical (unpaired) electrons. The van der Waals surface area contributed by atoms with Gasteiger partial charge in [0.15, 0.2) is 15.6 Å². The van der Waals surface area contributed by atoms with E-state index >= 15 is 0 Å². The number of aromatic nitrogens is 2. The molecule has 0 unspecified atom stereocenters. The van der Waals surface area contributed by atoms with E-state index in [-0.39, 0.29) is 40.6 Å². The third kappa shape index (κ3) is 4.41. The van der Waals surface area contributed by atoms with Crippen LogP contribution in [0.15, 0.2) is 22.3 Å². The van der Waals surface area contributed by atoms with Crippen LogP contribution in [0.5, 0.6) is 5.88 Å². The molecule has 2 heterocycles. The third-order valence-corrected chi connectivity index (χ3v) is 8.92. The molecule has 1 aromatic heterocycles. The van der Waals surface area contributed by atoms with Crippen molar-refractivity contribution in [1.29, 1.82) is 0 Å². The summed E-state index contributed by atoms with van der Waals surface area (Å²) >= 11 is 0. The minimum Gasteiger partial charge on any atom is -0.399 e. The van der Waals surface area contributed by atoms with E-state index in [0.29, 0.717) is 22.4 Å². The SMILES string of the molecule is CCn1ncc(C(=O)c2cc(C)c3c(c2C)C(=NOC)CCS3(=O)=O)c1OS(=O)(=O)C(C)C. The normalized spacial score (nSPS) is 16.6. The summed E-state index contributed by atoms with van der Waals surface area (Å²) in [5, 5.41) is 7.26. The molecule has 12 heteroatoms. The number of benzene rings is 1. The molecule has 0 atom stereocenters. The van der Waals surface area contributed by atoms with Crippen LogP contribution in [0.3, 0.4) is 0 Å². The van der Waals surface area contributed by atoms with Crippen LogP contribution < -0.4 is 4.18 Å². The molecule has 1 aliphatic rings. The van der Waals surface area contributed by atoms with Gasteiger partial charge in [-0.2, -0.15) is 13.5 Å². The van der Waals surface area contributed by atoms with Gasteiger partial charge in [0, 0.05) is 24.1 Å². The van der Waals surface area contributed by atoms with Gasteiger partial charge in [0.25, 0.3) is 0 Å². The van der Waals surface area contributed by atoms with Gasteiger partial charge in [0.2, 0.25) is 5.88 Å². The van der Waals surface area contributed by atoms with Crippen LogP contribution >= 0.6 is 0 Å². The van der Waals surface area contributed by atoms with Crippen molar-refractivity contribution in [3.8, 4) is 5.88 Å². The Morgan fingerprint density at radius 3 is 2.52 bits per heavy atom. The van der Waals surface area contributed by atoms with E-state index in [9.17, 15) is 21.6 Å². The average Bonchev–Trinajstić information content (AvgIpc) is 3.13. The topological polar surface area (TPSA) is 134 Å². The first-order valence-corrected chi connectivity index (χ1v) is 13.5. The standard InChI is InChI=1S/C21H27N3O7S2/c1-7-24-21(31-33(28,29)12(2)3)16(11-22-24)19(25)15-10-13(4)20-18(14(15)5)17(23-30-6)8-9-32(20,26)27/h10-12H,7-9H2,1-6H3. The fourth-order valence-electron chi connectivity index (χ4n) is 3.73. The maximum absolute atomic E-state index is 13.6. The molecule has 0 saturated heterocycles. The van der Waals surface area contributed by atoms with Crippen molar-refractivity contribution < 1.29 is 30.7 Å². The number of ketones is 1. The Morgan fingerprint density at radius 1 is 1.27 bits per heavy atom. The van der Waals surface area contributed by atoms with Crippen molar-refractivity contribution in [2.45, 2.75) is 57.7 Å². The molecule has 0 saturated carbocycles. The predicted octanol–water partition coefficient (Wildman–Crippen LogP) is 2.40. The number of aryl methyl sites for hydroxylation is 2. The van der Waals surface area contributed by atoms with Crippen molar-refractivity contribution in [2.75, 3.05) is 12.9 Å². The second kappa shape index (κ2) is 8.90. The van der Waals surface area contributed by atoms with Gasteiger partial charge in [-0.25, -0.2) is 13.1 Å². The molecule has 1 aliphatic heterocycles. The largest absolute Gasteiger partial charge is 0.399 e. The summed E-state index contributed by atoms with van der Waals surface area (Å²) in [7, 11) is -6.18. The highest BCUT2D eigenvalue weighted by Crippen LogP contribution is 2.35. The Bertz CT molecular complexity index is 1350. The molecule has 33 heavy (non-hydrogen) atoms. The van der Waals surface area contributed by atoms with Crippen LogP contribution in [0.1, 0.15) is 59.8 Å². The van der Waals surface area contributed by atoms with Gasteiger partial charge in [-0.15, -0.1) is 0 Å². The minimum absolute atomic E-state index is 0.0348. The molecule has 3 rings (SSSR count). The number of carbonyl (C=O) groups is 1. The van der Waals surface area contributed by atoms with Crippen molar-refractivity contribution in [2.24, 2.45) is 5.16 Å². The van der Waals surface area contributed by atoms with Crippen molar-refractivity contribution in [1.82, 2.24) is 9.78 Å². The van der Waals surface area contributed by atoms with Gasteiger partial charge in [-0.05, 0) is 51.8 Å². The van der Waals surface area contributed by atoms with E-state index in [0.717, 1.165) is 0 Å². The van der Waals surface area contributed by atoms with Gasteiger partial charge in [0.05, 0.1) is 27.8 Å². The lowest BCUT2D eigenvalue weighted by molar-refractivity contribution is 0.103. The molecule has 0 bridgehead atoms. The smallest absolute Gasteiger partial charge is 0.313 e. The van der Waals surface area contributed by atoms with Crippen molar-refractivity contribution >= 4 is 31.5 Å². The molecular formula is C21H27N3O7S2. The molecule has 0 N–H and O–H groups in total. The number of oxime groups is 1. The lowest BCUT2D eigenvalue weighted by Gasteiger charge is -2.23. The van der Waals surface area contributed by atoms with Gasteiger partial charge in [-0.1, -0.05) is 5.16 Å². The zero-order chi connectivity index (χ0) is 24.7. The Labute approximate surface area is 193 Å². The molecule has 0 fully saturated rings. The highest BCUT2D eigenvalue weighted by molar-refractivity contribution is 7.91. The Morgan fingerprint density at radius 2 is 1.94 bits per heavy atom. The van der Waals surface area contributed by atoms with E-state index in [4.69, 9.17) is 9.02 Å². The zero-order valence-electron chi connectivity index (χ0n) is 19.4. The van der Waals surface area contributed by atoms with E-state index in [1.165, 1.54) is 37.9 Å². The van der Waals surface area contributed by atoms with Crippen LogP contribution in [-0.2, 0) is 31.3 Å². The van der Waals surface area contributed by atoms with E-state index in [1.807, 2.05) is 0 Å². The number of rotatable bonds is 7. The molecular weight excluding hydrogens is 470 g/mol. The van der Waals surface area contributed by atoms with Crippen LogP contribution in [-0.4, -0.2) is 56.2 Å². The fraction of sp³-hybridized carbons (Fsp3) is 0.476. The summed E-state index contributed by atoms with van der Waals surface area (Å²) in [6.45, 7) is 8.20. The summed E-state index contributed by atoms with van der Waals surface area (Å²) in [6, 6.07) is 1.49. The molecule has 0 spiro atoms. The van der Waals surface area contributed by atoms with E-state index in [2.05, 4.69) is 10.3 Å². The highest BCUT2D eigenvalue weighted by Gasteiger charge is 2.35. The van der Waals surface area contributed by atoms with Crippen LogP contribution in [0.2, 0.25) is 0 Å². The number of fused-ring (bicyclic) bond motifs is 1. The summed E-state index contributed by atoms with van der Waals surface area (Å²) < 4.78 is 57.0. The highest BCUT2D eigenvalue weighted by atomic mass is 32.2. The molecule has 1 aromatic carbocycles. The van der Waals surface area contributed by atoms with Crippen molar-refractivity contribution in [3.63, 3.8) is 0 Å². The maximum Gasteiger partial charge on any atom is 0.313 e. The molecule has 0 amide bonds. The molecule has 2 aromatic rings. The average molecular weight is 498 g/mol. The lowest BCUT2D eigenvalue weighted by Crippen LogP contribution is -2.26. The van der Waals surface area contributed by atoms with E-state index < -0.39 is 31.0 Å². The van der Waals surface area contributed by atoms with Gasteiger partial charge >= 0.3 is 10.1 Å². The van der Waals surface area contributed by atoms with Gasteiger partial charge in [0.1, 0.15) is 12.7 Å². The first-order chi connectivity index (χ1) is 15.4. The van der Waals surface area contributed by atoms with Gasteiger partial charge in [-0.3, -0.25) is 4.79 Å². The summed E-state index contributed by atoms with van der Waals surface area (Å²) in [5.41, 5.74) is 1.73. The second-order valence-corrected chi connectivity index (χ2v) is 12.1. The first kappa shape index (κ1) is 24.9. The number of hydrogen-bond donors (Lipinski definition) is 0. The monoisotopic (exact) mass is 497 g/mol. The quantitative estimate of drug-likeness (QED) is 0.323. The maximum atomic E-state index is 13.6. The second-order valence-electron chi connectivity index (χ2n) is 7.99. The van der Waals surface area contributed by atoms with Crippen molar-refractivity contribution in [3.05, 3.63) is 40.1 Å². The number of nitrogens with zero attached hydrogens (tertiary/aromatic N) is 3. The Hall–Kier alpha value is -2.73. The molecule has 10 nitrogen and oxygen atoms in total. The summed E-state index contributed by atoms with van der Waals surface area (Å²) in [5.74, 6) is -0.819. The fourth-order valence-corrected chi connectivity index (χ4v) is 6.12.